The maximum absolute atomic E-state index is 11.5. The van der Waals surface area contributed by atoms with Crippen LogP contribution in [0, 0.1) is 0 Å². The molecule has 0 bridgehead atoms. The van der Waals surface area contributed by atoms with Gasteiger partial charge in [0.15, 0.2) is 0 Å². The van der Waals surface area contributed by atoms with Gasteiger partial charge in [-0.3, -0.25) is 9.69 Å². The average Bonchev–Trinajstić information content (AvgIpc) is 2.80. The van der Waals surface area contributed by atoms with Crippen molar-refractivity contribution in [1.82, 2.24) is 15.5 Å². The van der Waals surface area contributed by atoms with E-state index in [1.54, 1.807) is 0 Å². The highest BCUT2D eigenvalue weighted by Crippen LogP contribution is 2.26. The van der Waals surface area contributed by atoms with Crippen LogP contribution in [-0.2, 0) is 4.79 Å². The minimum absolute atomic E-state index is 0.183. The highest BCUT2D eigenvalue weighted by molar-refractivity contribution is 5.75. The summed E-state index contributed by atoms with van der Waals surface area (Å²) in [7, 11) is 0. The highest BCUT2D eigenvalue weighted by Gasteiger charge is 2.34. The number of fused-ring (bicyclic) bond motifs is 1. The Bertz CT molecular complexity index is 270. The van der Waals surface area contributed by atoms with E-state index >= 15 is 0 Å². The van der Waals surface area contributed by atoms with Crippen LogP contribution in [-0.4, -0.2) is 49.1 Å². The first-order chi connectivity index (χ1) is 8.81. The Morgan fingerprint density at radius 3 is 2.94 bits per heavy atom. The standard InChI is InChI=1S/C14H27N3O/c1-2-8-16-14(18)6-9-15-12-7-11-17-10-4-3-5-13(12)17/h12-13,15H,2-11H2,1H3,(H,16,18). The monoisotopic (exact) mass is 253 g/mol. The van der Waals surface area contributed by atoms with Gasteiger partial charge in [0.25, 0.3) is 0 Å². The van der Waals surface area contributed by atoms with Crippen molar-refractivity contribution >= 4 is 5.91 Å². The van der Waals surface area contributed by atoms with Crippen LogP contribution in [0.5, 0.6) is 0 Å². The van der Waals surface area contributed by atoms with E-state index in [1.165, 1.54) is 38.8 Å². The van der Waals surface area contributed by atoms with Gasteiger partial charge in [0, 0.05) is 38.1 Å². The Balaban J connectivity index is 1.63. The Labute approximate surface area is 110 Å². The van der Waals surface area contributed by atoms with Crippen LogP contribution in [0.25, 0.3) is 0 Å². The summed E-state index contributed by atoms with van der Waals surface area (Å²) in [6.45, 7) is 6.22. The minimum atomic E-state index is 0.183. The van der Waals surface area contributed by atoms with Crippen molar-refractivity contribution in [2.75, 3.05) is 26.2 Å². The van der Waals surface area contributed by atoms with E-state index in [9.17, 15) is 4.79 Å². The molecule has 0 aliphatic carbocycles. The summed E-state index contributed by atoms with van der Waals surface area (Å²) in [5.74, 6) is 0.183. The van der Waals surface area contributed by atoms with E-state index in [4.69, 9.17) is 0 Å². The molecule has 4 heteroatoms. The van der Waals surface area contributed by atoms with Crippen LogP contribution < -0.4 is 10.6 Å². The summed E-state index contributed by atoms with van der Waals surface area (Å²) >= 11 is 0. The van der Waals surface area contributed by atoms with Crippen molar-refractivity contribution in [3.63, 3.8) is 0 Å². The van der Waals surface area contributed by atoms with Gasteiger partial charge in [-0.05, 0) is 32.2 Å². The van der Waals surface area contributed by atoms with Gasteiger partial charge in [0.1, 0.15) is 0 Å². The molecule has 2 aliphatic rings. The lowest BCUT2D eigenvalue weighted by atomic mass is 9.99. The number of carbonyl (C=O) groups excluding carboxylic acids is 1. The summed E-state index contributed by atoms with van der Waals surface area (Å²) in [4.78, 5) is 14.1. The molecule has 2 unspecified atom stereocenters. The third kappa shape index (κ3) is 3.69. The lowest BCUT2D eigenvalue weighted by molar-refractivity contribution is -0.121. The summed E-state index contributed by atoms with van der Waals surface area (Å²) in [5, 5.41) is 6.51. The first kappa shape index (κ1) is 13.8. The molecule has 18 heavy (non-hydrogen) atoms. The second-order valence-corrected chi connectivity index (χ2v) is 5.55. The summed E-state index contributed by atoms with van der Waals surface area (Å²) in [5.41, 5.74) is 0. The third-order valence-corrected chi connectivity index (χ3v) is 4.19. The molecule has 0 radical (unpaired) electrons. The molecule has 2 aliphatic heterocycles. The van der Waals surface area contributed by atoms with Gasteiger partial charge in [-0.15, -0.1) is 0 Å². The van der Waals surface area contributed by atoms with Crippen molar-refractivity contribution in [3.8, 4) is 0 Å². The van der Waals surface area contributed by atoms with Gasteiger partial charge >= 0.3 is 0 Å². The van der Waals surface area contributed by atoms with Crippen LogP contribution in [0.2, 0.25) is 0 Å². The average molecular weight is 253 g/mol. The lowest BCUT2D eigenvalue weighted by Crippen LogP contribution is -2.45. The van der Waals surface area contributed by atoms with Crippen LogP contribution >= 0.6 is 0 Å². The molecule has 0 saturated carbocycles. The summed E-state index contributed by atoms with van der Waals surface area (Å²) in [6, 6.07) is 1.35. The maximum Gasteiger partial charge on any atom is 0.221 e. The number of hydrogen-bond donors (Lipinski definition) is 2. The van der Waals surface area contributed by atoms with Crippen molar-refractivity contribution < 1.29 is 4.79 Å². The van der Waals surface area contributed by atoms with E-state index in [0.29, 0.717) is 12.5 Å². The zero-order chi connectivity index (χ0) is 12.8. The molecule has 104 valence electrons. The van der Waals surface area contributed by atoms with E-state index in [-0.39, 0.29) is 5.91 Å². The van der Waals surface area contributed by atoms with Crippen molar-refractivity contribution in [3.05, 3.63) is 0 Å². The first-order valence-corrected chi connectivity index (χ1v) is 7.55. The molecule has 0 aromatic rings. The Hall–Kier alpha value is -0.610. The molecule has 2 rings (SSSR count). The van der Waals surface area contributed by atoms with Gasteiger partial charge in [-0.1, -0.05) is 13.3 Å². The summed E-state index contributed by atoms with van der Waals surface area (Å²) in [6.07, 6.45) is 6.95. The second-order valence-electron chi connectivity index (χ2n) is 5.55. The molecular formula is C14H27N3O. The number of rotatable bonds is 6. The molecule has 0 aromatic carbocycles. The number of carbonyl (C=O) groups is 1. The Kier molecular flexibility index (Phi) is 5.45. The SMILES string of the molecule is CCCNC(=O)CCNC1CCN2CCCCC12. The molecular weight excluding hydrogens is 226 g/mol. The number of nitrogens with one attached hydrogen (secondary N) is 2. The molecule has 2 atom stereocenters. The van der Waals surface area contributed by atoms with Crippen LogP contribution in [0.4, 0.5) is 0 Å². The van der Waals surface area contributed by atoms with Crippen molar-refractivity contribution in [2.45, 2.75) is 57.5 Å². The van der Waals surface area contributed by atoms with Crippen molar-refractivity contribution in [1.29, 1.82) is 0 Å². The van der Waals surface area contributed by atoms with Crippen LogP contribution in [0.1, 0.15) is 45.4 Å². The van der Waals surface area contributed by atoms with E-state index < -0.39 is 0 Å². The lowest BCUT2D eigenvalue weighted by Gasteiger charge is -2.32. The number of amides is 1. The predicted molar refractivity (Wildman–Crippen MR) is 73.5 cm³/mol. The Morgan fingerprint density at radius 2 is 2.11 bits per heavy atom. The largest absolute Gasteiger partial charge is 0.356 e. The van der Waals surface area contributed by atoms with Gasteiger partial charge in [-0.25, -0.2) is 0 Å². The summed E-state index contributed by atoms with van der Waals surface area (Å²) < 4.78 is 0. The fourth-order valence-corrected chi connectivity index (χ4v) is 3.21. The molecule has 2 saturated heterocycles. The molecule has 0 spiro atoms. The van der Waals surface area contributed by atoms with E-state index in [1.807, 2.05) is 0 Å². The molecule has 2 fully saturated rings. The molecule has 4 nitrogen and oxygen atoms in total. The number of hydrogen-bond acceptors (Lipinski definition) is 3. The predicted octanol–water partition coefficient (Wildman–Crippen LogP) is 1.12. The van der Waals surface area contributed by atoms with Crippen LogP contribution in [0.15, 0.2) is 0 Å². The molecule has 2 heterocycles. The van der Waals surface area contributed by atoms with E-state index in [0.717, 1.165) is 25.6 Å². The normalized spacial score (nSPS) is 28.1. The molecule has 0 aromatic heterocycles. The topological polar surface area (TPSA) is 44.4 Å². The fourth-order valence-electron chi connectivity index (χ4n) is 3.21. The van der Waals surface area contributed by atoms with Crippen LogP contribution in [0.3, 0.4) is 0 Å². The number of nitrogens with zero attached hydrogens (tertiary/aromatic N) is 1. The highest BCUT2D eigenvalue weighted by atomic mass is 16.1. The molecule has 2 N–H and O–H groups in total. The smallest absolute Gasteiger partial charge is 0.221 e. The zero-order valence-electron chi connectivity index (χ0n) is 11.6. The van der Waals surface area contributed by atoms with E-state index in [2.05, 4.69) is 22.5 Å². The van der Waals surface area contributed by atoms with Gasteiger partial charge in [-0.2, -0.15) is 0 Å². The van der Waals surface area contributed by atoms with Gasteiger partial charge in [0.2, 0.25) is 5.91 Å². The second kappa shape index (κ2) is 7.10. The zero-order valence-corrected chi connectivity index (χ0v) is 11.6. The fraction of sp³-hybridized carbons (Fsp3) is 0.929. The number of piperidine rings is 1. The quantitative estimate of drug-likeness (QED) is 0.745. The van der Waals surface area contributed by atoms with Crippen molar-refractivity contribution in [2.24, 2.45) is 0 Å². The maximum atomic E-state index is 11.5. The third-order valence-electron chi connectivity index (χ3n) is 4.19. The first-order valence-electron chi connectivity index (χ1n) is 7.55. The minimum Gasteiger partial charge on any atom is -0.356 e. The van der Waals surface area contributed by atoms with Gasteiger partial charge in [0.05, 0.1) is 0 Å². The van der Waals surface area contributed by atoms with Gasteiger partial charge < -0.3 is 10.6 Å². The molecule has 1 amide bonds. The Morgan fingerprint density at radius 1 is 1.22 bits per heavy atom.